The van der Waals surface area contributed by atoms with Crippen molar-refractivity contribution >= 4 is 5.97 Å². The van der Waals surface area contributed by atoms with Gasteiger partial charge in [0.2, 0.25) is 0 Å². The van der Waals surface area contributed by atoms with E-state index in [0.717, 1.165) is 0 Å². The molecule has 0 aliphatic rings. The van der Waals surface area contributed by atoms with Gasteiger partial charge in [0.15, 0.2) is 5.69 Å². The molecule has 15 heavy (non-hydrogen) atoms. The number of nitrogens with zero attached hydrogens (tertiary/aromatic N) is 3. The van der Waals surface area contributed by atoms with Crippen LogP contribution >= 0.6 is 0 Å². The molecule has 84 valence electrons. The van der Waals surface area contributed by atoms with Crippen molar-refractivity contribution in [3.8, 4) is 0 Å². The number of aromatic nitrogens is 3. The molecule has 1 aromatic rings. The summed E-state index contributed by atoms with van der Waals surface area (Å²) in [5, 5.41) is 24.8. The van der Waals surface area contributed by atoms with Crippen LogP contribution in [0.25, 0.3) is 0 Å². The zero-order chi connectivity index (χ0) is 11.3. The number of aliphatic hydroxyl groups is 1. The molecule has 0 saturated heterocycles. The lowest BCUT2D eigenvalue weighted by molar-refractivity contribution is 0.0688. The molecule has 1 heterocycles. The van der Waals surface area contributed by atoms with E-state index in [-0.39, 0.29) is 18.8 Å². The SMILES string of the molecule is COCCc1c(C(=O)O)nnn1CCO. The lowest BCUT2D eigenvalue weighted by Crippen LogP contribution is -2.12. The van der Waals surface area contributed by atoms with Crippen LogP contribution in [0.2, 0.25) is 0 Å². The first-order valence-corrected chi connectivity index (χ1v) is 4.46. The highest BCUT2D eigenvalue weighted by molar-refractivity contribution is 5.86. The Labute approximate surface area is 86.3 Å². The maximum atomic E-state index is 10.8. The quantitative estimate of drug-likeness (QED) is 0.642. The first-order valence-electron chi connectivity index (χ1n) is 4.46. The molecular formula is C8H13N3O4. The average molecular weight is 215 g/mol. The molecule has 0 aliphatic heterocycles. The van der Waals surface area contributed by atoms with Crippen LogP contribution in [0.15, 0.2) is 0 Å². The molecule has 0 unspecified atom stereocenters. The second kappa shape index (κ2) is 5.42. The van der Waals surface area contributed by atoms with Gasteiger partial charge in [-0.3, -0.25) is 0 Å². The molecular weight excluding hydrogens is 202 g/mol. The van der Waals surface area contributed by atoms with E-state index in [2.05, 4.69) is 10.3 Å². The smallest absolute Gasteiger partial charge is 0.358 e. The fraction of sp³-hybridized carbons (Fsp3) is 0.625. The minimum absolute atomic E-state index is 0.0829. The number of carboxylic acid groups (broad SMARTS) is 1. The highest BCUT2D eigenvalue weighted by Crippen LogP contribution is 2.06. The third kappa shape index (κ3) is 2.74. The van der Waals surface area contributed by atoms with Crippen molar-refractivity contribution in [2.75, 3.05) is 20.3 Å². The van der Waals surface area contributed by atoms with Crippen molar-refractivity contribution in [1.29, 1.82) is 0 Å². The Morgan fingerprint density at radius 1 is 1.60 bits per heavy atom. The van der Waals surface area contributed by atoms with Crippen LogP contribution in [0.4, 0.5) is 0 Å². The minimum Gasteiger partial charge on any atom is -0.476 e. The van der Waals surface area contributed by atoms with E-state index in [0.29, 0.717) is 18.7 Å². The van der Waals surface area contributed by atoms with Gasteiger partial charge in [0, 0.05) is 13.5 Å². The summed E-state index contributed by atoms with van der Waals surface area (Å²) in [7, 11) is 1.53. The second-order valence-corrected chi connectivity index (χ2v) is 2.88. The van der Waals surface area contributed by atoms with Crippen LogP contribution in [-0.2, 0) is 17.7 Å². The number of rotatable bonds is 6. The fourth-order valence-corrected chi connectivity index (χ4v) is 1.22. The summed E-state index contributed by atoms with van der Waals surface area (Å²) in [6, 6.07) is 0. The summed E-state index contributed by atoms with van der Waals surface area (Å²) in [6.07, 6.45) is 0.408. The van der Waals surface area contributed by atoms with E-state index < -0.39 is 5.97 Å². The van der Waals surface area contributed by atoms with E-state index in [1.165, 1.54) is 11.8 Å². The number of carboxylic acids is 1. The minimum atomic E-state index is -1.12. The second-order valence-electron chi connectivity index (χ2n) is 2.88. The van der Waals surface area contributed by atoms with E-state index in [1.807, 2.05) is 0 Å². The maximum Gasteiger partial charge on any atom is 0.358 e. The van der Waals surface area contributed by atoms with Gasteiger partial charge >= 0.3 is 5.97 Å². The lowest BCUT2D eigenvalue weighted by atomic mass is 10.2. The van der Waals surface area contributed by atoms with Crippen molar-refractivity contribution in [3.05, 3.63) is 11.4 Å². The molecule has 1 rings (SSSR count). The molecule has 0 saturated carbocycles. The van der Waals surface area contributed by atoms with Crippen LogP contribution in [0.3, 0.4) is 0 Å². The Hall–Kier alpha value is -1.47. The van der Waals surface area contributed by atoms with Gasteiger partial charge in [-0.2, -0.15) is 0 Å². The standard InChI is InChI=1S/C8H13N3O4/c1-15-5-2-6-7(8(13)14)9-10-11(6)3-4-12/h12H,2-5H2,1H3,(H,13,14). The highest BCUT2D eigenvalue weighted by atomic mass is 16.5. The van der Waals surface area contributed by atoms with Gasteiger partial charge < -0.3 is 14.9 Å². The van der Waals surface area contributed by atoms with Gasteiger partial charge in [-0.05, 0) is 0 Å². The molecule has 0 atom stereocenters. The van der Waals surface area contributed by atoms with Gasteiger partial charge in [-0.1, -0.05) is 5.21 Å². The van der Waals surface area contributed by atoms with Crippen LogP contribution in [0.5, 0.6) is 0 Å². The summed E-state index contributed by atoms with van der Waals surface area (Å²) in [6.45, 7) is 0.515. The lowest BCUT2D eigenvalue weighted by Gasteiger charge is -2.04. The van der Waals surface area contributed by atoms with Gasteiger partial charge in [-0.15, -0.1) is 5.10 Å². The number of aromatic carboxylic acids is 1. The summed E-state index contributed by atoms with van der Waals surface area (Å²) >= 11 is 0. The molecule has 0 bridgehead atoms. The summed E-state index contributed by atoms with van der Waals surface area (Å²) < 4.78 is 6.24. The van der Waals surface area contributed by atoms with E-state index in [9.17, 15) is 4.79 Å². The van der Waals surface area contributed by atoms with Crippen molar-refractivity contribution in [1.82, 2.24) is 15.0 Å². The summed E-state index contributed by atoms with van der Waals surface area (Å²) in [5.74, 6) is -1.12. The molecule has 0 fully saturated rings. The normalized spacial score (nSPS) is 10.5. The molecule has 0 spiro atoms. The molecule has 0 amide bonds. The number of carbonyl (C=O) groups is 1. The Morgan fingerprint density at radius 2 is 2.33 bits per heavy atom. The number of hydrogen-bond acceptors (Lipinski definition) is 5. The topological polar surface area (TPSA) is 97.5 Å². The highest BCUT2D eigenvalue weighted by Gasteiger charge is 2.17. The largest absolute Gasteiger partial charge is 0.476 e. The first kappa shape index (κ1) is 11.6. The van der Waals surface area contributed by atoms with Crippen LogP contribution < -0.4 is 0 Å². The third-order valence-corrected chi connectivity index (χ3v) is 1.89. The predicted molar refractivity (Wildman–Crippen MR) is 49.6 cm³/mol. The van der Waals surface area contributed by atoms with Gasteiger partial charge in [0.25, 0.3) is 0 Å². The molecule has 0 radical (unpaired) electrons. The van der Waals surface area contributed by atoms with Gasteiger partial charge in [0.05, 0.1) is 25.5 Å². The van der Waals surface area contributed by atoms with Gasteiger partial charge in [-0.25, -0.2) is 9.48 Å². The van der Waals surface area contributed by atoms with Crippen molar-refractivity contribution in [2.45, 2.75) is 13.0 Å². The summed E-state index contributed by atoms with van der Waals surface area (Å²) in [4.78, 5) is 10.8. The number of ether oxygens (including phenoxy) is 1. The van der Waals surface area contributed by atoms with Crippen molar-refractivity contribution in [3.63, 3.8) is 0 Å². The predicted octanol–water partition coefficient (Wildman–Crippen LogP) is -0.843. The third-order valence-electron chi connectivity index (χ3n) is 1.89. The van der Waals surface area contributed by atoms with E-state index in [1.54, 1.807) is 0 Å². The Morgan fingerprint density at radius 3 is 2.87 bits per heavy atom. The first-order chi connectivity index (χ1) is 7.20. The molecule has 0 aliphatic carbocycles. The monoisotopic (exact) mass is 215 g/mol. The van der Waals surface area contributed by atoms with Crippen molar-refractivity contribution < 1.29 is 19.7 Å². The zero-order valence-corrected chi connectivity index (χ0v) is 8.38. The Bertz CT molecular complexity index is 337. The van der Waals surface area contributed by atoms with Gasteiger partial charge in [0.1, 0.15) is 0 Å². The maximum absolute atomic E-state index is 10.8. The average Bonchev–Trinajstić information content (AvgIpc) is 2.59. The number of hydrogen-bond donors (Lipinski definition) is 2. The Kier molecular flexibility index (Phi) is 4.19. The van der Waals surface area contributed by atoms with Crippen LogP contribution in [0, 0.1) is 0 Å². The zero-order valence-electron chi connectivity index (χ0n) is 8.38. The summed E-state index contributed by atoms with van der Waals surface area (Å²) in [5.41, 5.74) is 0.388. The van der Waals surface area contributed by atoms with E-state index in [4.69, 9.17) is 14.9 Å². The molecule has 1 aromatic heterocycles. The fourth-order valence-electron chi connectivity index (χ4n) is 1.22. The molecule has 0 aromatic carbocycles. The van der Waals surface area contributed by atoms with Crippen LogP contribution in [-0.4, -0.2) is 51.5 Å². The Balaban J connectivity index is 2.91. The molecule has 7 nitrogen and oxygen atoms in total. The van der Waals surface area contributed by atoms with Crippen molar-refractivity contribution in [2.24, 2.45) is 0 Å². The molecule has 7 heteroatoms. The number of aliphatic hydroxyl groups excluding tert-OH is 1. The molecule has 2 N–H and O–H groups in total. The van der Waals surface area contributed by atoms with Crippen LogP contribution in [0.1, 0.15) is 16.2 Å². The number of methoxy groups -OCH3 is 1. The van der Waals surface area contributed by atoms with E-state index >= 15 is 0 Å².